The van der Waals surface area contributed by atoms with Crippen molar-refractivity contribution in [3.63, 3.8) is 0 Å². The van der Waals surface area contributed by atoms with Gasteiger partial charge in [-0.1, -0.05) is 20.8 Å². The standard InChI is InChI=1S/C13H20F3N3/c1-5-17-9(4)11(8(2)3)12-18-7-6-10(19-12)13(14,15)16/h6-9,11,17H,5H2,1-4H3. The first-order valence-electron chi connectivity index (χ1n) is 6.40. The summed E-state index contributed by atoms with van der Waals surface area (Å²) in [6.45, 7) is 8.58. The Kier molecular flexibility index (Phi) is 5.29. The first-order valence-corrected chi connectivity index (χ1v) is 6.40. The van der Waals surface area contributed by atoms with Gasteiger partial charge in [0, 0.05) is 18.2 Å². The predicted molar refractivity (Wildman–Crippen MR) is 67.8 cm³/mol. The fraction of sp³-hybridized carbons (Fsp3) is 0.692. The Morgan fingerprint density at radius 2 is 1.89 bits per heavy atom. The highest BCUT2D eigenvalue weighted by atomic mass is 19.4. The highest BCUT2D eigenvalue weighted by Gasteiger charge is 2.34. The summed E-state index contributed by atoms with van der Waals surface area (Å²) in [5, 5.41) is 3.22. The van der Waals surface area contributed by atoms with Crippen LogP contribution in [0, 0.1) is 5.92 Å². The molecule has 0 spiro atoms. The van der Waals surface area contributed by atoms with Crippen LogP contribution in [0.25, 0.3) is 0 Å². The number of nitrogens with one attached hydrogen (secondary N) is 1. The minimum absolute atomic E-state index is 0.0217. The van der Waals surface area contributed by atoms with Crippen LogP contribution in [0.15, 0.2) is 12.3 Å². The molecular formula is C13H20F3N3. The van der Waals surface area contributed by atoms with E-state index >= 15 is 0 Å². The van der Waals surface area contributed by atoms with Crippen molar-refractivity contribution in [2.75, 3.05) is 6.54 Å². The number of aromatic nitrogens is 2. The van der Waals surface area contributed by atoms with Crippen molar-refractivity contribution in [1.82, 2.24) is 15.3 Å². The molecule has 0 saturated heterocycles. The van der Waals surface area contributed by atoms with E-state index in [-0.39, 0.29) is 23.7 Å². The van der Waals surface area contributed by atoms with Crippen LogP contribution in [-0.2, 0) is 6.18 Å². The molecule has 0 aromatic carbocycles. The average molecular weight is 275 g/mol. The van der Waals surface area contributed by atoms with Crippen LogP contribution in [0.2, 0.25) is 0 Å². The van der Waals surface area contributed by atoms with E-state index in [1.807, 2.05) is 27.7 Å². The highest BCUT2D eigenvalue weighted by molar-refractivity contribution is 5.11. The zero-order valence-electron chi connectivity index (χ0n) is 11.6. The Morgan fingerprint density at radius 3 is 2.37 bits per heavy atom. The number of rotatable bonds is 5. The Labute approximate surface area is 111 Å². The van der Waals surface area contributed by atoms with Gasteiger partial charge in [0.25, 0.3) is 0 Å². The summed E-state index contributed by atoms with van der Waals surface area (Å²) in [7, 11) is 0. The maximum absolute atomic E-state index is 12.7. The molecule has 0 aliphatic rings. The second-order valence-electron chi connectivity index (χ2n) is 4.91. The molecule has 1 heterocycles. The Balaban J connectivity index is 3.10. The minimum Gasteiger partial charge on any atom is -0.314 e. The Bertz CT molecular complexity index is 404. The smallest absolute Gasteiger partial charge is 0.314 e. The van der Waals surface area contributed by atoms with Gasteiger partial charge in [0.05, 0.1) is 0 Å². The van der Waals surface area contributed by atoms with E-state index in [0.717, 1.165) is 12.6 Å². The molecule has 3 nitrogen and oxygen atoms in total. The molecule has 0 bridgehead atoms. The molecule has 0 radical (unpaired) electrons. The fourth-order valence-corrected chi connectivity index (χ4v) is 2.24. The van der Waals surface area contributed by atoms with E-state index in [1.54, 1.807) is 0 Å². The molecule has 1 aromatic rings. The number of hydrogen-bond acceptors (Lipinski definition) is 3. The van der Waals surface area contributed by atoms with Crippen molar-refractivity contribution in [3.05, 3.63) is 23.8 Å². The summed E-state index contributed by atoms with van der Waals surface area (Å²) in [5.41, 5.74) is -0.883. The summed E-state index contributed by atoms with van der Waals surface area (Å²) < 4.78 is 38.0. The van der Waals surface area contributed by atoms with Crippen molar-refractivity contribution in [3.8, 4) is 0 Å². The zero-order chi connectivity index (χ0) is 14.6. The molecule has 1 N–H and O–H groups in total. The van der Waals surface area contributed by atoms with Crippen molar-refractivity contribution >= 4 is 0 Å². The third kappa shape index (κ3) is 4.16. The van der Waals surface area contributed by atoms with Gasteiger partial charge in [0.2, 0.25) is 0 Å². The second kappa shape index (κ2) is 6.32. The van der Waals surface area contributed by atoms with Crippen LogP contribution < -0.4 is 5.32 Å². The fourth-order valence-electron chi connectivity index (χ4n) is 2.24. The second-order valence-corrected chi connectivity index (χ2v) is 4.91. The molecular weight excluding hydrogens is 255 g/mol. The summed E-state index contributed by atoms with van der Waals surface area (Å²) >= 11 is 0. The van der Waals surface area contributed by atoms with Gasteiger partial charge in [-0.3, -0.25) is 0 Å². The summed E-state index contributed by atoms with van der Waals surface area (Å²) in [6, 6.07) is 0.923. The molecule has 0 saturated carbocycles. The topological polar surface area (TPSA) is 37.8 Å². The monoisotopic (exact) mass is 275 g/mol. The number of hydrogen-bond donors (Lipinski definition) is 1. The maximum atomic E-state index is 12.7. The quantitative estimate of drug-likeness (QED) is 0.896. The molecule has 19 heavy (non-hydrogen) atoms. The first kappa shape index (κ1) is 15.9. The Hall–Kier alpha value is -1.17. The number of nitrogens with zero attached hydrogens (tertiary/aromatic N) is 2. The van der Waals surface area contributed by atoms with Gasteiger partial charge in [-0.05, 0) is 25.5 Å². The van der Waals surface area contributed by atoms with E-state index in [4.69, 9.17) is 0 Å². The summed E-state index contributed by atoms with van der Waals surface area (Å²) in [6.07, 6.45) is -3.25. The van der Waals surface area contributed by atoms with Crippen molar-refractivity contribution in [2.24, 2.45) is 5.92 Å². The highest BCUT2D eigenvalue weighted by Crippen LogP contribution is 2.30. The normalized spacial score (nSPS) is 15.6. The summed E-state index contributed by atoms with van der Waals surface area (Å²) in [4.78, 5) is 7.72. The molecule has 6 heteroatoms. The molecule has 0 aliphatic carbocycles. The number of halogens is 3. The lowest BCUT2D eigenvalue weighted by atomic mass is 9.88. The first-order chi connectivity index (χ1) is 8.77. The zero-order valence-corrected chi connectivity index (χ0v) is 11.6. The minimum atomic E-state index is -4.43. The van der Waals surface area contributed by atoms with Gasteiger partial charge < -0.3 is 5.32 Å². The van der Waals surface area contributed by atoms with E-state index < -0.39 is 11.9 Å². The summed E-state index contributed by atoms with van der Waals surface area (Å²) in [5.74, 6) is 0.248. The molecule has 0 fully saturated rings. The molecule has 0 aliphatic heterocycles. The molecule has 108 valence electrons. The number of alkyl halides is 3. The van der Waals surface area contributed by atoms with E-state index in [2.05, 4.69) is 15.3 Å². The van der Waals surface area contributed by atoms with Gasteiger partial charge in [0.15, 0.2) is 0 Å². The lowest BCUT2D eigenvalue weighted by Crippen LogP contribution is -2.35. The Morgan fingerprint density at radius 1 is 1.26 bits per heavy atom. The lowest BCUT2D eigenvalue weighted by molar-refractivity contribution is -0.141. The third-order valence-electron chi connectivity index (χ3n) is 3.05. The molecule has 2 unspecified atom stereocenters. The van der Waals surface area contributed by atoms with Gasteiger partial charge in [0.1, 0.15) is 11.5 Å². The van der Waals surface area contributed by atoms with Gasteiger partial charge in [-0.25, -0.2) is 9.97 Å². The molecule has 1 rings (SSSR count). The molecule has 0 amide bonds. The van der Waals surface area contributed by atoms with Gasteiger partial charge in [-0.2, -0.15) is 13.2 Å². The molecule has 1 aromatic heterocycles. The van der Waals surface area contributed by atoms with Crippen LogP contribution in [0.4, 0.5) is 13.2 Å². The van der Waals surface area contributed by atoms with E-state index in [1.165, 1.54) is 6.20 Å². The van der Waals surface area contributed by atoms with Crippen LogP contribution in [0.3, 0.4) is 0 Å². The SMILES string of the molecule is CCNC(C)C(c1nccc(C(F)(F)F)n1)C(C)C. The van der Waals surface area contributed by atoms with Gasteiger partial charge >= 0.3 is 6.18 Å². The van der Waals surface area contributed by atoms with Crippen LogP contribution in [-0.4, -0.2) is 22.6 Å². The van der Waals surface area contributed by atoms with E-state index in [0.29, 0.717) is 0 Å². The van der Waals surface area contributed by atoms with Crippen LogP contribution in [0.1, 0.15) is 45.1 Å². The molecule has 2 atom stereocenters. The third-order valence-corrected chi connectivity index (χ3v) is 3.05. The predicted octanol–water partition coefficient (Wildman–Crippen LogP) is 3.23. The van der Waals surface area contributed by atoms with Crippen molar-refractivity contribution < 1.29 is 13.2 Å². The van der Waals surface area contributed by atoms with Crippen LogP contribution >= 0.6 is 0 Å². The van der Waals surface area contributed by atoms with Gasteiger partial charge in [-0.15, -0.1) is 0 Å². The maximum Gasteiger partial charge on any atom is 0.433 e. The van der Waals surface area contributed by atoms with Crippen molar-refractivity contribution in [1.29, 1.82) is 0 Å². The number of likely N-dealkylation sites (N-methyl/N-ethyl adjacent to an activating group) is 1. The largest absolute Gasteiger partial charge is 0.433 e. The van der Waals surface area contributed by atoms with Crippen LogP contribution in [0.5, 0.6) is 0 Å². The van der Waals surface area contributed by atoms with Crippen molar-refractivity contribution in [2.45, 2.75) is 45.8 Å². The lowest BCUT2D eigenvalue weighted by Gasteiger charge is -2.27. The van der Waals surface area contributed by atoms with E-state index in [9.17, 15) is 13.2 Å². The average Bonchev–Trinajstić information content (AvgIpc) is 2.28.